The Hall–Kier alpha value is -1.34. The highest BCUT2D eigenvalue weighted by Crippen LogP contribution is 2.24. The first kappa shape index (κ1) is 17.7. The maximum absolute atomic E-state index is 11.9. The lowest BCUT2D eigenvalue weighted by Gasteiger charge is -2.47. The Morgan fingerprint density at radius 3 is 2.62 bits per heavy atom. The minimum Gasteiger partial charge on any atom is -0.480 e. The van der Waals surface area contributed by atoms with E-state index in [1.807, 2.05) is 14.0 Å². The Morgan fingerprint density at radius 2 is 2.10 bits per heavy atom. The van der Waals surface area contributed by atoms with Crippen LogP contribution in [0.4, 0.5) is 4.79 Å². The third-order valence-electron chi connectivity index (χ3n) is 3.97. The van der Waals surface area contributed by atoms with Crippen LogP contribution in [0.3, 0.4) is 0 Å². The summed E-state index contributed by atoms with van der Waals surface area (Å²) in [5.41, 5.74) is -0.538. The van der Waals surface area contributed by atoms with E-state index in [0.29, 0.717) is 25.7 Å². The van der Waals surface area contributed by atoms with E-state index in [1.54, 1.807) is 4.90 Å². The summed E-state index contributed by atoms with van der Waals surface area (Å²) < 4.78 is 5.27. The minimum absolute atomic E-state index is 0.121. The van der Waals surface area contributed by atoms with Crippen molar-refractivity contribution in [3.05, 3.63) is 0 Å². The highest BCUT2D eigenvalue weighted by Gasteiger charge is 2.42. The van der Waals surface area contributed by atoms with Gasteiger partial charge in [-0.15, -0.1) is 0 Å². The van der Waals surface area contributed by atoms with Gasteiger partial charge in [0.15, 0.2) is 0 Å². The quantitative estimate of drug-likeness (QED) is 0.686. The van der Waals surface area contributed by atoms with E-state index in [2.05, 4.69) is 24.1 Å². The van der Waals surface area contributed by atoms with Crippen molar-refractivity contribution in [3.63, 3.8) is 0 Å². The third-order valence-corrected chi connectivity index (χ3v) is 3.97. The van der Waals surface area contributed by atoms with Gasteiger partial charge in [-0.25, -0.2) is 9.59 Å². The molecule has 1 saturated heterocycles. The summed E-state index contributed by atoms with van der Waals surface area (Å²) in [5, 5.41) is 11.5. The first-order valence-corrected chi connectivity index (χ1v) is 7.36. The van der Waals surface area contributed by atoms with E-state index in [4.69, 9.17) is 9.84 Å². The largest absolute Gasteiger partial charge is 0.480 e. The SMILES string of the molecule is CCC(C)N(C)CCNC(=O)N1CC(C)(OCC(=O)O)C1. The summed E-state index contributed by atoms with van der Waals surface area (Å²) in [7, 11) is 2.04. The molecule has 0 bridgehead atoms. The summed E-state index contributed by atoms with van der Waals surface area (Å²) in [6, 6.07) is 0.377. The minimum atomic E-state index is -0.993. The van der Waals surface area contributed by atoms with E-state index >= 15 is 0 Å². The van der Waals surface area contributed by atoms with Gasteiger partial charge < -0.3 is 25.0 Å². The molecular weight excluding hydrogens is 274 g/mol. The summed E-state index contributed by atoms with van der Waals surface area (Å²) in [5.74, 6) is -0.993. The number of aliphatic carboxylic acids is 1. The van der Waals surface area contributed by atoms with E-state index in [1.165, 1.54) is 0 Å². The van der Waals surface area contributed by atoms with Crippen LogP contribution in [0, 0.1) is 0 Å². The molecule has 0 aromatic rings. The fourth-order valence-corrected chi connectivity index (χ4v) is 2.22. The van der Waals surface area contributed by atoms with Gasteiger partial charge in [0.05, 0.1) is 13.1 Å². The molecule has 0 aromatic carbocycles. The zero-order valence-electron chi connectivity index (χ0n) is 13.4. The van der Waals surface area contributed by atoms with Crippen LogP contribution in [0.1, 0.15) is 27.2 Å². The number of amides is 2. The van der Waals surface area contributed by atoms with E-state index in [9.17, 15) is 9.59 Å². The Labute approximate surface area is 126 Å². The number of likely N-dealkylation sites (tertiary alicyclic amines) is 1. The molecule has 0 aromatic heterocycles. The smallest absolute Gasteiger partial charge is 0.329 e. The third kappa shape index (κ3) is 5.51. The molecular formula is C14H27N3O4. The number of nitrogens with zero attached hydrogens (tertiary/aromatic N) is 2. The van der Waals surface area contributed by atoms with Crippen LogP contribution in [0.15, 0.2) is 0 Å². The molecule has 1 atom stereocenters. The summed E-state index contributed by atoms with van der Waals surface area (Å²) in [4.78, 5) is 26.2. The molecule has 1 rings (SSSR count). The van der Waals surface area contributed by atoms with Crippen molar-refractivity contribution in [3.8, 4) is 0 Å². The maximum atomic E-state index is 11.9. The van der Waals surface area contributed by atoms with E-state index in [0.717, 1.165) is 13.0 Å². The summed E-state index contributed by atoms with van der Waals surface area (Å²) in [6.07, 6.45) is 1.08. The van der Waals surface area contributed by atoms with Gasteiger partial charge in [0, 0.05) is 19.1 Å². The van der Waals surface area contributed by atoms with Crippen LogP contribution in [0.2, 0.25) is 0 Å². The Balaban J connectivity index is 2.19. The number of urea groups is 1. The number of hydrogen-bond acceptors (Lipinski definition) is 4. The van der Waals surface area contributed by atoms with Gasteiger partial charge in [-0.2, -0.15) is 0 Å². The molecule has 1 fully saturated rings. The lowest BCUT2D eigenvalue weighted by atomic mass is 9.97. The molecule has 2 N–H and O–H groups in total. The van der Waals surface area contributed by atoms with Gasteiger partial charge in [0.2, 0.25) is 0 Å². The van der Waals surface area contributed by atoms with Crippen LogP contribution in [0.5, 0.6) is 0 Å². The van der Waals surface area contributed by atoms with Crippen LogP contribution < -0.4 is 5.32 Å². The monoisotopic (exact) mass is 301 g/mol. The van der Waals surface area contributed by atoms with Gasteiger partial charge in [0.1, 0.15) is 12.2 Å². The lowest BCUT2D eigenvalue weighted by Crippen LogP contribution is -2.65. The highest BCUT2D eigenvalue weighted by atomic mass is 16.5. The fraction of sp³-hybridized carbons (Fsp3) is 0.857. The number of carbonyl (C=O) groups is 2. The van der Waals surface area contributed by atoms with Crippen molar-refractivity contribution in [2.75, 3.05) is 39.8 Å². The predicted octanol–water partition coefficient (Wildman–Crippen LogP) is 0.602. The number of rotatable bonds is 8. The molecule has 7 nitrogen and oxygen atoms in total. The fourth-order valence-electron chi connectivity index (χ4n) is 2.22. The first-order valence-electron chi connectivity index (χ1n) is 7.36. The van der Waals surface area contributed by atoms with Gasteiger partial charge in [-0.3, -0.25) is 0 Å². The highest BCUT2D eigenvalue weighted by molar-refractivity contribution is 5.75. The molecule has 0 spiro atoms. The van der Waals surface area contributed by atoms with Crippen molar-refractivity contribution in [1.29, 1.82) is 0 Å². The predicted molar refractivity (Wildman–Crippen MR) is 79.3 cm³/mol. The zero-order valence-corrected chi connectivity index (χ0v) is 13.4. The zero-order chi connectivity index (χ0) is 16.0. The van der Waals surface area contributed by atoms with Crippen molar-refractivity contribution in [2.24, 2.45) is 0 Å². The second-order valence-corrected chi connectivity index (χ2v) is 5.96. The molecule has 7 heteroatoms. The number of carboxylic acids is 1. The standard InChI is InChI=1S/C14H27N3O4/c1-5-11(2)16(4)7-6-15-13(20)17-9-14(3,10-17)21-8-12(18)19/h11H,5-10H2,1-4H3,(H,15,20)(H,18,19). The van der Waals surface area contributed by atoms with Gasteiger partial charge in [0.25, 0.3) is 0 Å². The first-order chi connectivity index (χ1) is 9.77. The van der Waals surface area contributed by atoms with Crippen LogP contribution in [0.25, 0.3) is 0 Å². The average molecular weight is 301 g/mol. The van der Waals surface area contributed by atoms with Crippen molar-refractivity contribution in [2.45, 2.75) is 38.8 Å². The van der Waals surface area contributed by atoms with E-state index in [-0.39, 0.29) is 12.6 Å². The van der Waals surface area contributed by atoms with Crippen molar-refractivity contribution < 1.29 is 19.4 Å². The van der Waals surface area contributed by atoms with Crippen LogP contribution in [-0.4, -0.2) is 78.4 Å². The normalized spacial score (nSPS) is 18.2. The molecule has 0 aliphatic carbocycles. The second-order valence-electron chi connectivity index (χ2n) is 5.96. The number of hydrogen-bond donors (Lipinski definition) is 2. The second kappa shape index (κ2) is 7.61. The van der Waals surface area contributed by atoms with Gasteiger partial charge >= 0.3 is 12.0 Å². The summed E-state index contributed by atoms with van der Waals surface area (Å²) >= 11 is 0. The Morgan fingerprint density at radius 1 is 1.48 bits per heavy atom. The molecule has 21 heavy (non-hydrogen) atoms. The van der Waals surface area contributed by atoms with Gasteiger partial charge in [-0.05, 0) is 27.3 Å². The molecule has 1 unspecified atom stereocenters. The van der Waals surface area contributed by atoms with E-state index < -0.39 is 11.6 Å². The molecule has 1 aliphatic heterocycles. The lowest BCUT2D eigenvalue weighted by molar-refractivity contribution is -0.159. The Bertz CT molecular complexity index is 369. The topological polar surface area (TPSA) is 82.1 Å². The maximum Gasteiger partial charge on any atom is 0.329 e. The average Bonchev–Trinajstić information content (AvgIpc) is 2.40. The molecule has 0 radical (unpaired) electrons. The van der Waals surface area contributed by atoms with Crippen LogP contribution >= 0.6 is 0 Å². The van der Waals surface area contributed by atoms with Crippen molar-refractivity contribution in [1.82, 2.24) is 15.1 Å². The number of carboxylic acid groups (broad SMARTS) is 1. The number of carbonyl (C=O) groups excluding carboxylic acids is 1. The molecule has 2 amide bonds. The number of nitrogens with one attached hydrogen (secondary N) is 1. The number of ether oxygens (including phenoxy) is 1. The molecule has 122 valence electrons. The van der Waals surface area contributed by atoms with Crippen molar-refractivity contribution >= 4 is 12.0 Å². The summed E-state index contributed by atoms with van der Waals surface area (Å²) in [6.45, 7) is 8.03. The molecule has 1 aliphatic rings. The van der Waals surface area contributed by atoms with Gasteiger partial charge in [-0.1, -0.05) is 6.92 Å². The number of likely N-dealkylation sites (N-methyl/N-ethyl adjacent to an activating group) is 1. The Kier molecular flexibility index (Phi) is 6.42. The molecule has 0 saturated carbocycles. The molecule has 1 heterocycles. The van der Waals surface area contributed by atoms with Crippen LogP contribution in [-0.2, 0) is 9.53 Å².